The average Bonchev–Trinajstić information content (AvgIpc) is 2.32. The van der Waals surface area contributed by atoms with Gasteiger partial charge in [0.2, 0.25) is 0 Å². The predicted molar refractivity (Wildman–Crippen MR) is 49.4 cm³/mol. The molecule has 0 fully saturated rings. The zero-order chi connectivity index (χ0) is 9.14. The van der Waals surface area contributed by atoms with Gasteiger partial charge in [-0.3, -0.25) is 9.89 Å². The van der Waals surface area contributed by atoms with Crippen LogP contribution in [-0.4, -0.2) is 27.5 Å². The highest BCUT2D eigenvalue weighted by Gasteiger charge is 2.11. The monoisotopic (exact) mass is 250 g/mol. The Balaban J connectivity index is 2.87. The number of rotatable bonds is 3. The van der Waals surface area contributed by atoms with E-state index in [0.717, 1.165) is 9.50 Å². The number of nitrogens with one attached hydrogen (secondary N) is 1. The number of nitrogens with zero attached hydrogens (tertiary/aromatic N) is 1. The normalized spacial score (nSPS) is 10.2. The molecule has 2 N–H and O–H groups in total. The van der Waals surface area contributed by atoms with Crippen LogP contribution in [0.4, 0.5) is 0 Å². The van der Waals surface area contributed by atoms with Crippen molar-refractivity contribution in [1.29, 1.82) is 0 Å². The maximum Gasteiger partial charge on any atom is 0.309 e. The molecule has 66 valence electrons. The number of thioether (sulfide) groups is 1. The van der Waals surface area contributed by atoms with Crippen molar-refractivity contribution in [3.63, 3.8) is 0 Å². The number of carbonyl (C=O) groups is 1. The summed E-state index contributed by atoms with van der Waals surface area (Å²) >= 11 is 4.72. The number of aromatic amines is 1. The molecule has 0 spiro atoms. The van der Waals surface area contributed by atoms with Crippen molar-refractivity contribution in [2.45, 2.75) is 11.4 Å². The molecule has 12 heavy (non-hydrogen) atoms. The Labute approximate surface area is 81.9 Å². The van der Waals surface area contributed by atoms with Crippen LogP contribution in [0.1, 0.15) is 5.69 Å². The van der Waals surface area contributed by atoms with Crippen molar-refractivity contribution in [2.75, 3.05) is 6.26 Å². The van der Waals surface area contributed by atoms with Gasteiger partial charge < -0.3 is 5.11 Å². The molecule has 0 aliphatic carbocycles. The van der Waals surface area contributed by atoms with Gasteiger partial charge in [-0.1, -0.05) is 0 Å². The first-order valence-electron chi connectivity index (χ1n) is 3.13. The minimum atomic E-state index is -0.869. The van der Waals surface area contributed by atoms with Crippen molar-refractivity contribution in [3.05, 3.63) is 10.2 Å². The molecule has 0 atom stereocenters. The Morgan fingerprint density at radius 1 is 1.83 bits per heavy atom. The Morgan fingerprint density at radius 2 is 2.50 bits per heavy atom. The summed E-state index contributed by atoms with van der Waals surface area (Å²) < 4.78 is 0.748. The molecule has 6 heteroatoms. The highest BCUT2D eigenvalue weighted by Crippen LogP contribution is 2.26. The highest BCUT2D eigenvalue weighted by molar-refractivity contribution is 9.10. The van der Waals surface area contributed by atoms with Crippen molar-refractivity contribution in [1.82, 2.24) is 10.2 Å². The molecule has 4 nitrogen and oxygen atoms in total. The van der Waals surface area contributed by atoms with E-state index in [1.165, 1.54) is 11.8 Å². The Morgan fingerprint density at radius 3 is 2.92 bits per heavy atom. The van der Waals surface area contributed by atoms with E-state index in [1.54, 1.807) is 0 Å². The van der Waals surface area contributed by atoms with Crippen molar-refractivity contribution in [2.24, 2.45) is 0 Å². The van der Waals surface area contributed by atoms with Gasteiger partial charge in [-0.25, -0.2) is 0 Å². The van der Waals surface area contributed by atoms with Gasteiger partial charge in [-0.15, -0.1) is 11.8 Å². The molecule has 0 saturated heterocycles. The van der Waals surface area contributed by atoms with Gasteiger partial charge in [0.25, 0.3) is 0 Å². The first-order valence-corrected chi connectivity index (χ1v) is 5.15. The van der Waals surface area contributed by atoms with Crippen molar-refractivity contribution < 1.29 is 9.90 Å². The average molecular weight is 251 g/mol. The van der Waals surface area contributed by atoms with E-state index >= 15 is 0 Å². The van der Waals surface area contributed by atoms with E-state index in [0.29, 0.717) is 5.69 Å². The molecular weight excluding hydrogens is 244 g/mol. The van der Waals surface area contributed by atoms with Crippen LogP contribution < -0.4 is 0 Å². The minimum Gasteiger partial charge on any atom is -0.481 e. The predicted octanol–water partition coefficient (Wildman–Crippen LogP) is 1.52. The summed E-state index contributed by atoms with van der Waals surface area (Å²) in [5, 5.41) is 15.9. The van der Waals surface area contributed by atoms with Crippen LogP contribution in [0.5, 0.6) is 0 Å². The molecule has 0 bridgehead atoms. The van der Waals surface area contributed by atoms with Crippen LogP contribution in [0, 0.1) is 0 Å². The zero-order valence-electron chi connectivity index (χ0n) is 6.30. The second-order valence-corrected chi connectivity index (χ2v) is 3.68. The third-order valence-corrected chi connectivity index (χ3v) is 3.07. The summed E-state index contributed by atoms with van der Waals surface area (Å²) in [4.78, 5) is 10.3. The third kappa shape index (κ3) is 2.01. The number of hydrogen-bond donors (Lipinski definition) is 2. The summed E-state index contributed by atoms with van der Waals surface area (Å²) in [7, 11) is 0. The molecule has 0 aliphatic rings. The molecule has 0 unspecified atom stereocenters. The number of halogens is 1. The van der Waals surface area contributed by atoms with E-state index < -0.39 is 5.97 Å². The van der Waals surface area contributed by atoms with Gasteiger partial charge in [0, 0.05) is 0 Å². The summed E-state index contributed by atoms with van der Waals surface area (Å²) in [5.74, 6) is -0.869. The second kappa shape index (κ2) is 3.95. The second-order valence-electron chi connectivity index (χ2n) is 2.10. The standard InChI is InChI=1S/C6H7BrN2O2S/c1-12-6-5(7)3(8-9-6)2-4(10)11/h2H2,1H3,(H,8,9)(H,10,11). The maximum atomic E-state index is 10.3. The van der Waals surface area contributed by atoms with E-state index in [1.807, 2.05) is 6.26 Å². The Hall–Kier alpha value is -0.490. The number of aromatic nitrogens is 2. The summed E-state index contributed by atoms with van der Waals surface area (Å²) in [6.45, 7) is 0. The fourth-order valence-electron chi connectivity index (χ4n) is 0.749. The maximum absolute atomic E-state index is 10.3. The van der Waals surface area contributed by atoms with Gasteiger partial charge in [0.1, 0.15) is 5.03 Å². The van der Waals surface area contributed by atoms with E-state index in [2.05, 4.69) is 26.1 Å². The first-order chi connectivity index (χ1) is 5.65. The molecule has 1 heterocycles. The number of carboxylic acid groups (broad SMARTS) is 1. The van der Waals surface area contributed by atoms with Gasteiger partial charge >= 0.3 is 5.97 Å². The minimum absolute atomic E-state index is 0.0336. The fraction of sp³-hybridized carbons (Fsp3) is 0.333. The molecule has 1 aromatic heterocycles. The zero-order valence-corrected chi connectivity index (χ0v) is 8.70. The lowest BCUT2D eigenvalue weighted by Gasteiger charge is -1.91. The van der Waals surface area contributed by atoms with Crippen molar-refractivity contribution in [3.8, 4) is 0 Å². The molecule has 0 aromatic carbocycles. The summed E-state index contributed by atoms with van der Waals surface area (Å²) in [6, 6.07) is 0. The molecule has 1 rings (SSSR count). The fourth-order valence-corrected chi connectivity index (χ4v) is 1.99. The van der Waals surface area contributed by atoms with Gasteiger partial charge in [-0.2, -0.15) is 5.10 Å². The van der Waals surface area contributed by atoms with Crippen LogP contribution >= 0.6 is 27.7 Å². The molecular formula is C6H7BrN2O2S. The molecule has 0 radical (unpaired) electrons. The van der Waals surface area contributed by atoms with Crippen LogP contribution in [0.25, 0.3) is 0 Å². The first kappa shape index (κ1) is 9.60. The molecule has 0 aliphatic heterocycles. The molecule has 1 aromatic rings. The van der Waals surface area contributed by atoms with Crippen LogP contribution in [-0.2, 0) is 11.2 Å². The smallest absolute Gasteiger partial charge is 0.309 e. The molecule has 0 saturated carbocycles. The lowest BCUT2D eigenvalue weighted by molar-refractivity contribution is -0.136. The van der Waals surface area contributed by atoms with Gasteiger partial charge in [0.15, 0.2) is 0 Å². The van der Waals surface area contributed by atoms with Crippen LogP contribution in [0.2, 0.25) is 0 Å². The number of H-pyrrole nitrogens is 1. The Bertz CT molecular complexity index is 300. The highest BCUT2D eigenvalue weighted by atomic mass is 79.9. The SMILES string of the molecule is CSc1n[nH]c(CC(=O)O)c1Br. The number of hydrogen-bond acceptors (Lipinski definition) is 3. The lowest BCUT2D eigenvalue weighted by atomic mass is 10.3. The quantitative estimate of drug-likeness (QED) is 0.799. The Kier molecular flexibility index (Phi) is 3.16. The van der Waals surface area contributed by atoms with Crippen LogP contribution in [0.15, 0.2) is 9.50 Å². The largest absolute Gasteiger partial charge is 0.481 e. The number of carboxylic acids is 1. The third-order valence-electron chi connectivity index (χ3n) is 1.27. The number of aliphatic carboxylic acids is 1. The van der Waals surface area contributed by atoms with Gasteiger partial charge in [-0.05, 0) is 22.2 Å². The van der Waals surface area contributed by atoms with Crippen molar-refractivity contribution >= 4 is 33.7 Å². The molecule has 0 amide bonds. The van der Waals surface area contributed by atoms with E-state index in [4.69, 9.17) is 5.11 Å². The van der Waals surface area contributed by atoms with E-state index in [9.17, 15) is 4.79 Å². The lowest BCUT2D eigenvalue weighted by Crippen LogP contribution is -2.00. The van der Waals surface area contributed by atoms with Gasteiger partial charge in [0.05, 0.1) is 16.6 Å². The topological polar surface area (TPSA) is 66.0 Å². The van der Waals surface area contributed by atoms with Crippen LogP contribution in [0.3, 0.4) is 0 Å². The summed E-state index contributed by atoms with van der Waals surface area (Å²) in [5.41, 5.74) is 0.604. The summed E-state index contributed by atoms with van der Waals surface area (Å²) in [6.07, 6.45) is 1.85. The van der Waals surface area contributed by atoms with E-state index in [-0.39, 0.29) is 6.42 Å².